The van der Waals surface area contributed by atoms with Crippen LogP contribution in [0.1, 0.15) is 69.2 Å². The molecule has 2 atom stereocenters. The Kier molecular flexibility index (Phi) is 9.46. The number of halogens is 1. The summed E-state index contributed by atoms with van der Waals surface area (Å²) in [7, 11) is 1.50. The molecule has 5 aromatic rings. The van der Waals surface area contributed by atoms with Crippen molar-refractivity contribution in [2.45, 2.75) is 45.1 Å². The number of ether oxygens (including phenoxy) is 2. The molecule has 1 N–H and O–H groups in total. The Morgan fingerprint density at radius 2 is 1.43 bits per heavy atom. The number of amides is 4. The SMILES string of the molecule is COc1cc(/C=C2\C(=O)NC(=O)N(c3cc4c5c(c3)[C@@H](c3ccccc3)CCN5CC[C@@H]4c3ccccc3)C2=O)cc(Cl)c1OCc1ccc(C)c(C)c1. The number of rotatable bonds is 8. The highest BCUT2D eigenvalue weighted by Crippen LogP contribution is 2.50. The summed E-state index contributed by atoms with van der Waals surface area (Å²) in [5, 5.41) is 2.66. The molecule has 0 bridgehead atoms. The maximum absolute atomic E-state index is 14.4. The highest BCUT2D eigenvalue weighted by molar-refractivity contribution is 6.39. The minimum atomic E-state index is -0.795. The normalized spacial score (nSPS) is 18.7. The van der Waals surface area contributed by atoms with E-state index in [1.54, 1.807) is 12.1 Å². The molecule has 0 spiro atoms. The van der Waals surface area contributed by atoms with Crippen LogP contribution in [-0.2, 0) is 16.2 Å². The van der Waals surface area contributed by atoms with Crippen LogP contribution >= 0.6 is 11.6 Å². The fourth-order valence-electron chi connectivity index (χ4n) is 8.04. The number of nitrogens with zero attached hydrogens (tertiary/aromatic N) is 2. The summed E-state index contributed by atoms with van der Waals surface area (Å²) >= 11 is 6.73. The summed E-state index contributed by atoms with van der Waals surface area (Å²) in [6, 6.07) is 33.2. The Bertz CT molecular complexity index is 2250. The van der Waals surface area contributed by atoms with Crippen molar-refractivity contribution >= 4 is 46.9 Å². The predicted molar refractivity (Wildman–Crippen MR) is 212 cm³/mol. The van der Waals surface area contributed by atoms with E-state index in [1.807, 2.05) is 67.6 Å². The third kappa shape index (κ3) is 6.51. The van der Waals surface area contributed by atoms with E-state index in [0.717, 1.165) is 58.8 Å². The summed E-state index contributed by atoms with van der Waals surface area (Å²) in [5.41, 5.74) is 9.62. The lowest BCUT2D eigenvalue weighted by molar-refractivity contribution is -0.122. The van der Waals surface area contributed by atoms with Crippen LogP contribution in [0.4, 0.5) is 16.2 Å². The number of barbiturate groups is 1. The number of anilines is 2. The molecular weight excluding hydrogens is 698 g/mol. The molecule has 0 aromatic heterocycles. The van der Waals surface area contributed by atoms with Crippen molar-refractivity contribution in [2.24, 2.45) is 0 Å². The maximum Gasteiger partial charge on any atom is 0.335 e. The number of hydrogen-bond donors (Lipinski definition) is 1. The van der Waals surface area contributed by atoms with Gasteiger partial charge in [-0.2, -0.15) is 0 Å². The first kappa shape index (κ1) is 35.2. The molecular formula is C45H40ClN3O5. The molecule has 54 heavy (non-hydrogen) atoms. The van der Waals surface area contributed by atoms with Crippen molar-refractivity contribution in [1.82, 2.24) is 5.32 Å². The first-order valence-electron chi connectivity index (χ1n) is 18.2. The van der Waals surface area contributed by atoms with Crippen LogP contribution in [0.15, 0.2) is 109 Å². The van der Waals surface area contributed by atoms with Crippen LogP contribution < -0.4 is 24.6 Å². The third-order valence-electron chi connectivity index (χ3n) is 10.9. The largest absolute Gasteiger partial charge is 0.493 e. The smallest absolute Gasteiger partial charge is 0.335 e. The Balaban J connectivity index is 1.18. The molecule has 0 aliphatic carbocycles. The Morgan fingerprint density at radius 3 is 2.02 bits per heavy atom. The minimum absolute atomic E-state index is 0.0654. The molecule has 8 nitrogen and oxygen atoms in total. The second kappa shape index (κ2) is 14.5. The highest BCUT2D eigenvalue weighted by atomic mass is 35.5. The van der Waals surface area contributed by atoms with Gasteiger partial charge < -0.3 is 14.4 Å². The van der Waals surface area contributed by atoms with E-state index < -0.39 is 17.8 Å². The standard InChI is InChI=1S/C45H40ClN3O5/c1-27-14-15-29(20-28(27)2)26-54-42-39(46)22-30(23-40(42)53-3)21-38-43(50)47-45(52)49(44(38)51)33-24-36-34(31-10-6-4-7-11-31)16-18-48-19-17-35(37(25-33)41(36)48)32-12-8-5-9-13-32/h4-15,20-25,34-35H,16-19,26H2,1-3H3,(H,47,50,52)/b38-21+/t34-,35-/m1/s1. The predicted octanol–water partition coefficient (Wildman–Crippen LogP) is 9.09. The van der Waals surface area contributed by atoms with Gasteiger partial charge in [0.1, 0.15) is 12.2 Å². The number of hydrogen-bond acceptors (Lipinski definition) is 6. The molecule has 0 radical (unpaired) electrons. The second-order valence-corrected chi connectivity index (χ2v) is 14.6. The zero-order valence-electron chi connectivity index (χ0n) is 30.4. The quantitative estimate of drug-likeness (QED) is 0.126. The van der Waals surface area contributed by atoms with Crippen LogP contribution in [0.3, 0.4) is 0 Å². The van der Waals surface area contributed by atoms with E-state index >= 15 is 0 Å². The summed E-state index contributed by atoms with van der Waals surface area (Å²) in [5.74, 6) is -0.703. The maximum atomic E-state index is 14.4. The number of nitrogens with one attached hydrogen (secondary N) is 1. The number of benzene rings is 5. The zero-order chi connectivity index (χ0) is 37.5. The van der Waals surface area contributed by atoms with Crippen molar-refractivity contribution in [2.75, 3.05) is 30.0 Å². The summed E-state index contributed by atoms with van der Waals surface area (Å²) in [6.45, 7) is 6.19. The molecule has 5 aromatic carbocycles. The zero-order valence-corrected chi connectivity index (χ0v) is 31.2. The van der Waals surface area contributed by atoms with E-state index in [4.69, 9.17) is 21.1 Å². The summed E-state index contributed by atoms with van der Waals surface area (Å²) in [6.07, 6.45) is 3.22. The molecule has 3 heterocycles. The van der Waals surface area contributed by atoms with Crippen LogP contribution in [0.5, 0.6) is 11.5 Å². The number of methoxy groups -OCH3 is 1. The lowest BCUT2D eigenvalue weighted by atomic mass is 9.76. The lowest BCUT2D eigenvalue weighted by Gasteiger charge is -2.44. The van der Waals surface area contributed by atoms with Crippen molar-refractivity contribution in [3.8, 4) is 11.5 Å². The van der Waals surface area contributed by atoms with Crippen LogP contribution in [0, 0.1) is 13.8 Å². The van der Waals surface area contributed by atoms with Crippen LogP contribution in [0.25, 0.3) is 6.08 Å². The molecule has 3 aliphatic heterocycles. The van der Waals surface area contributed by atoms with E-state index in [9.17, 15) is 14.4 Å². The summed E-state index contributed by atoms with van der Waals surface area (Å²) in [4.78, 5) is 44.9. The van der Waals surface area contributed by atoms with Crippen LogP contribution in [-0.4, -0.2) is 38.0 Å². The van der Waals surface area contributed by atoms with Gasteiger partial charge in [-0.3, -0.25) is 14.9 Å². The monoisotopic (exact) mass is 737 g/mol. The van der Waals surface area contributed by atoms with E-state index in [2.05, 4.69) is 47.5 Å². The fourth-order valence-corrected chi connectivity index (χ4v) is 8.31. The fraction of sp³-hybridized carbons (Fsp3) is 0.222. The molecule has 1 fully saturated rings. The van der Waals surface area contributed by atoms with Gasteiger partial charge in [-0.1, -0.05) is 90.5 Å². The van der Waals surface area contributed by atoms with Gasteiger partial charge in [0.2, 0.25) is 0 Å². The van der Waals surface area contributed by atoms with Gasteiger partial charge in [0.15, 0.2) is 11.5 Å². The van der Waals surface area contributed by atoms with Gasteiger partial charge in [-0.05, 0) is 102 Å². The van der Waals surface area contributed by atoms with Gasteiger partial charge >= 0.3 is 6.03 Å². The van der Waals surface area contributed by atoms with Gasteiger partial charge in [0, 0.05) is 30.6 Å². The van der Waals surface area contributed by atoms with Crippen molar-refractivity contribution < 1.29 is 23.9 Å². The Morgan fingerprint density at radius 1 is 0.796 bits per heavy atom. The number of urea groups is 1. The van der Waals surface area contributed by atoms with E-state index in [0.29, 0.717) is 22.7 Å². The van der Waals surface area contributed by atoms with Gasteiger partial charge in [-0.25, -0.2) is 9.69 Å². The molecule has 3 aliphatic rings. The lowest BCUT2D eigenvalue weighted by Crippen LogP contribution is -2.54. The molecule has 9 heteroatoms. The number of imide groups is 2. The van der Waals surface area contributed by atoms with E-state index in [-0.39, 0.29) is 29.0 Å². The van der Waals surface area contributed by atoms with Crippen molar-refractivity contribution in [1.29, 1.82) is 0 Å². The highest BCUT2D eigenvalue weighted by Gasteiger charge is 2.40. The number of aryl methyl sites for hydroxylation is 2. The molecule has 1 saturated heterocycles. The van der Waals surface area contributed by atoms with Gasteiger partial charge in [-0.15, -0.1) is 0 Å². The first-order valence-corrected chi connectivity index (χ1v) is 18.6. The molecule has 272 valence electrons. The minimum Gasteiger partial charge on any atom is -0.493 e. The van der Waals surface area contributed by atoms with Crippen molar-refractivity contribution in [3.05, 3.63) is 158 Å². The Labute approximate surface area is 320 Å². The molecule has 0 unspecified atom stereocenters. The third-order valence-corrected chi connectivity index (χ3v) is 11.2. The average molecular weight is 738 g/mol. The second-order valence-electron chi connectivity index (χ2n) is 14.2. The van der Waals surface area contributed by atoms with Gasteiger partial charge in [0.05, 0.1) is 17.8 Å². The number of carbonyl (C=O) groups excluding carboxylic acids is 3. The van der Waals surface area contributed by atoms with Crippen LogP contribution in [0.2, 0.25) is 5.02 Å². The number of carbonyl (C=O) groups is 3. The van der Waals surface area contributed by atoms with Crippen molar-refractivity contribution in [3.63, 3.8) is 0 Å². The molecule has 0 saturated carbocycles. The summed E-state index contributed by atoms with van der Waals surface area (Å²) < 4.78 is 11.7. The average Bonchev–Trinajstić information content (AvgIpc) is 3.18. The molecule has 8 rings (SSSR count). The van der Waals surface area contributed by atoms with Gasteiger partial charge in [0.25, 0.3) is 11.8 Å². The Hall–Kier alpha value is -5.86. The molecule has 4 amide bonds. The van der Waals surface area contributed by atoms with E-state index in [1.165, 1.54) is 29.9 Å². The first-order chi connectivity index (χ1) is 26.2. The topological polar surface area (TPSA) is 88.2 Å².